The number of nitrogens with one attached hydrogen (secondary N) is 1. The number of rotatable bonds is 7. The summed E-state index contributed by atoms with van der Waals surface area (Å²) in [4.78, 5) is 36.3. The molecule has 0 spiro atoms. The van der Waals surface area contributed by atoms with Gasteiger partial charge in [0.2, 0.25) is 5.91 Å². The highest BCUT2D eigenvalue weighted by Crippen LogP contribution is 2.33. The van der Waals surface area contributed by atoms with Crippen LogP contribution in [0.15, 0.2) is 10.4 Å². The monoisotopic (exact) mass is 493 g/mol. The van der Waals surface area contributed by atoms with Crippen molar-refractivity contribution < 1.29 is 9.59 Å². The molecule has 3 fully saturated rings. The average Bonchev–Trinajstić information content (AvgIpc) is 3.48. The van der Waals surface area contributed by atoms with Crippen molar-refractivity contribution in [3.05, 3.63) is 6.20 Å². The first kappa shape index (κ1) is 24.8. The Morgan fingerprint density at radius 3 is 2.42 bits per heavy atom. The largest absolute Gasteiger partial charge is 0.343 e. The first-order valence-electron chi connectivity index (χ1n) is 12.7. The first-order chi connectivity index (χ1) is 16.0. The summed E-state index contributed by atoms with van der Waals surface area (Å²) >= 11 is 3.42. The SMILES string of the molecule is CC(=O)N1CCC(N(C(=O)Nc2ncc(SCCN3CCCC3)s2)[C@H]2CC[C@H](C)CC2)CC1. The number of carbonyl (C=O) groups is 2. The van der Waals surface area contributed by atoms with Crippen LogP contribution in [0.25, 0.3) is 0 Å². The molecule has 0 bridgehead atoms. The molecule has 1 N–H and O–H groups in total. The molecule has 1 aromatic heterocycles. The van der Waals surface area contributed by atoms with Gasteiger partial charge in [0.25, 0.3) is 0 Å². The minimum atomic E-state index is -0.0150. The van der Waals surface area contributed by atoms with Gasteiger partial charge in [-0.15, -0.1) is 11.8 Å². The van der Waals surface area contributed by atoms with Gasteiger partial charge in [0, 0.05) is 44.4 Å². The number of piperidine rings is 1. The van der Waals surface area contributed by atoms with E-state index in [0.29, 0.717) is 5.13 Å². The molecule has 184 valence electrons. The molecule has 1 aromatic rings. The van der Waals surface area contributed by atoms with E-state index in [1.54, 1.807) is 18.3 Å². The number of hydrogen-bond acceptors (Lipinski definition) is 6. The van der Waals surface area contributed by atoms with Gasteiger partial charge in [-0.1, -0.05) is 18.3 Å². The standard InChI is InChI=1S/C24H39N5O2S2/c1-18-5-7-20(8-6-18)29(21-9-13-28(14-10-21)19(2)30)24(31)26-23-25-17-22(33-23)32-16-15-27-11-3-4-12-27/h17-18,20-21H,3-16H2,1-2H3,(H,25,26,31)/t18-,20-. The summed E-state index contributed by atoms with van der Waals surface area (Å²) in [7, 11) is 0. The van der Waals surface area contributed by atoms with Crippen molar-refractivity contribution in [2.45, 2.75) is 81.5 Å². The summed E-state index contributed by atoms with van der Waals surface area (Å²) in [5.74, 6) is 1.94. The van der Waals surface area contributed by atoms with Crippen LogP contribution >= 0.6 is 23.1 Å². The molecule has 0 atom stereocenters. The molecule has 0 radical (unpaired) electrons. The van der Waals surface area contributed by atoms with Crippen LogP contribution in [0, 0.1) is 5.92 Å². The zero-order chi connectivity index (χ0) is 23.2. The molecule has 0 aromatic carbocycles. The molecule has 1 saturated carbocycles. The van der Waals surface area contributed by atoms with Crippen molar-refractivity contribution in [1.82, 2.24) is 19.7 Å². The molecule has 4 rings (SSSR count). The van der Waals surface area contributed by atoms with E-state index in [9.17, 15) is 9.59 Å². The number of likely N-dealkylation sites (tertiary alicyclic amines) is 2. The molecule has 33 heavy (non-hydrogen) atoms. The number of urea groups is 1. The fourth-order valence-corrected chi connectivity index (χ4v) is 7.37. The Balaban J connectivity index is 1.34. The number of thioether (sulfide) groups is 1. The molecular weight excluding hydrogens is 454 g/mol. The van der Waals surface area contributed by atoms with E-state index >= 15 is 0 Å². The van der Waals surface area contributed by atoms with E-state index < -0.39 is 0 Å². The molecule has 2 saturated heterocycles. The number of anilines is 1. The highest BCUT2D eigenvalue weighted by atomic mass is 32.2. The Labute approximate surface area is 206 Å². The van der Waals surface area contributed by atoms with E-state index in [2.05, 4.69) is 27.0 Å². The van der Waals surface area contributed by atoms with Crippen LogP contribution in [0.5, 0.6) is 0 Å². The lowest BCUT2D eigenvalue weighted by molar-refractivity contribution is -0.130. The van der Waals surface area contributed by atoms with Gasteiger partial charge in [0.15, 0.2) is 5.13 Å². The quantitative estimate of drug-likeness (QED) is 0.555. The second-order valence-corrected chi connectivity index (χ2v) is 12.3. The predicted molar refractivity (Wildman–Crippen MR) is 136 cm³/mol. The summed E-state index contributed by atoms with van der Waals surface area (Å²) in [6.07, 6.45) is 10.7. The second kappa shape index (κ2) is 11.9. The molecule has 3 heterocycles. The predicted octanol–water partition coefficient (Wildman–Crippen LogP) is 4.75. The van der Waals surface area contributed by atoms with Crippen LogP contribution in [-0.2, 0) is 4.79 Å². The molecule has 7 nitrogen and oxygen atoms in total. The zero-order valence-corrected chi connectivity index (χ0v) is 21.8. The number of carbonyl (C=O) groups excluding carboxylic acids is 2. The molecule has 2 aliphatic heterocycles. The minimum absolute atomic E-state index is 0.0150. The topological polar surface area (TPSA) is 68.8 Å². The van der Waals surface area contributed by atoms with Crippen molar-refractivity contribution in [3.63, 3.8) is 0 Å². The van der Waals surface area contributed by atoms with Crippen LogP contribution in [-0.4, -0.2) is 82.2 Å². The van der Waals surface area contributed by atoms with Gasteiger partial charge < -0.3 is 14.7 Å². The van der Waals surface area contributed by atoms with Crippen LogP contribution in [0.3, 0.4) is 0 Å². The third-order valence-corrected chi connectivity index (χ3v) is 9.55. The third-order valence-electron chi connectivity index (χ3n) is 7.47. The normalized spacial score (nSPS) is 24.7. The van der Waals surface area contributed by atoms with Crippen LogP contribution in [0.2, 0.25) is 0 Å². The number of hydrogen-bond donors (Lipinski definition) is 1. The Bertz CT molecular complexity index is 782. The highest BCUT2D eigenvalue weighted by Gasteiger charge is 2.35. The maximum atomic E-state index is 13.5. The van der Waals surface area contributed by atoms with Gasteiger partial charge in [-0.2, -0.15) is 0 Å². The third kappa shape index (κ3) is 6.85. The highest BCUT2D eigenvalue weighted by molar-refractivity contribution is 8.01. The summed E-state index contributed by atoms with van der Waals surface area (Å²) in [6.45, 7) is 9.00. The van der Waals surface area contributed by atoms with Gasteiger partial charge >= 0.3 is 6.03 Å². The lowest BCUT2D eigenvalue weighted by atomic mass is 9.85. The van der Waals surface area contributed by atoms with Gasteiger partial charge in [-0.25, -0.2) is 9.78 Å². The zero-order valence-electron chi connectivity index (χ0n) is 20.1. The Morgan fingerprint density at radius 2 is 1.76 bits per heavy atom. The maximum absolute atomic E-state index is 13.5. The van der Waals surface area contributed by atoms with Crippen LogP contribution in [0.4, 0.5) is 9.93 Å². The van der Waals surface area contributed by atoms with Crippen molar-refractivity contribution in [2.24, 2.45) is 5.92 Å². The molecule has 1 aliphatic carbocycles. The maximum Gasteiger partial charge on any atom is 0.324 e. The molecule has 9 heteroatoms. The van der Waals surface area contributed by atoms with E-state index in [0.717, 1.165) is 61.2 Å². The van der Waals surface area contributed by atoms with Crippen molar-refractivity contribution >= 4 is 40.2 Å². The second-order valence-electron chi connectivity index (χ2n) is 9.87. The summed E-state index contributed by atoms with van der Waals surface area (Å²) in [5.41, 5.74) is 0. The van der Waals surface area contributed by atoms with E-state index in [4.69, 9.17) is 0 Å². The van der Waals surface area contributed by atoms with E-state index in [1.165, 1.54) is 38.8 Å². The molecule has 0 unspecified atom stereocenters. The Morgan fingerprint density at radius 1 is 1.09 bits per heavy atom. The fraction of sp³-hybridized carbons (Fsp3) is 0.792. The van der Waals surface area contributed by atoms with Gasteiger partial charge in [-0.3, -0.25) is 10.1 Å². The molecular formula is C24H39N5O2S2. The van der Waals surface area contributed by atoms with Crippen molar-refractivity contribution in [2.75, 3.05) is 43.8 Å². The Kier molecular flexibility index (Phi) is 8.93. The lowest BCUT2D eigenvalue weighted by Gasteiger charge is -2.44. The summed E-state index contributed by atoms with van der Waals surface area (Å²) < 4.78 is 1.16. The van der Waals surface area contributed by atoms with Gasteiger partial charge in [0.05, 0.1) is 10.4 Å². The van der Waals surface area contributed by atoms with Crippen LogP contribution < -0.4 is 5.32 Å². The lowest BCUT2D eigenvalue weighted by Crippen LogP contribution is -2.54. The summed E-state index contributed by atoms with van der Waals surface area (Å²) in [5, 5.41) is 3.82. The van der Waals surface area contributed by atoms with Gasteiger partial charge in [-0.05, 0) is 70.4 Å². The number of thiazole rings is 1. The molecule has 3 aliphatic rings. The first-order valence-corrected chi connectivity index (χ1v) is 14.5. The minimum Gasteiger partial charge on any atom is -0.343 e. The smallest absolute Gasteiger partial charge is 0.324 e. The van der Waals surface area contributed by atoms with Crippen LogP contribution in [0.1, 0.15) is 65.2 Å². The van der Waals surface area contributed by atoms with Gasteiger partial charge in [0.1, 0.15) is 0 Å². The van der Waals surface area contributed by atoms with Crippen molar-refractivity contribution in [1.29, 1.82) is 0 Å². The number of amides is 3. The van der Waals surface area contributed by atoms with E-state index in [-0.39, 0.29) is 24.0 Å². The molecule has 3 amide bonds. The summed E-state index contributed by atoms with van der Waals surface area (Å²) in [6, 6.07) is 0.455. The van der Waals surface area contributed by atoms with Crippen molar-refractivity contribution in [3.8, 4) is 0 Å². The average molecular weight is 494 g/mol. The number of nitrogens with zero attached hydrogens (tertiary/aromatic N) is 4. The number of aromatic nitrogens is 1. The Hall–Kier alpha value is -1.32. The fourth-order valence-electron chi connectivity index (χ4n) is 5.43. The van der Waals surface area contributed by atoms with E-state index in [1.807, 2.05) is 22.9 Å².